The maximum atomic E-state index is 12.0. The average Bonchev–Trinajstić information content (AvgIpc) is 2.47. The van der Waals surface area contributed by atoms with Crippen LogP contribution in [0.2, 0.25) is 0 Å². The summed E-state index contributed by atoms with van der Waals surface area (Å²) in [7, 11) is 0. The molecule has 2 aromatic heterocycles. The van der Waals surface area contributed by atoms with Gasteiger partial charge in [0.05, 0.1) is 5.69 Å². The van der Waals surface area contributed by atoms with Crippen molar-refractivity contribution in [3.8, 4) is 17.1 Å². The Balaban J connectivity index is 2.25. The zero-order valence-corrected chi connectivity index (χ0v) is 10.1. The predicted molar refractivity (Wildman–Crippen MR) is 65.8 cm³/mol. The number of alkyl halides is 2. The van der Waals surface area contributed by atoms with Crippen molar-refractivity contribution in [1.82, 2.24) is 15.4 Å². The molecule has 0 fully saturated rings. The van der Waals surface area contributed by atoms with Gasteiger partial charge in [-0.15, -0.1) is 0 Å². The van der Waals surface area contributed by atoms with Gasteiger partial charge in [0.15, 0.2) is 0 Å². The second-order valence-electron chi connectivity index (χ2n) is 3.65. The van der Waals surface area contributed by atoms with E-state index in [1.165, 1.54) is 24.4 Å². The number of nitrogens with one attached hydrogen (secondary N) is 1. The van der Waals surface area contributed by atoms with E-state index in [9.17, 15) is 13.6 Å². The zero-order valence-electron chi connectivity index (χ0n) is 10.1. The molecule has 0 saturated heterocycles. The molecule has 3 N–H and O–H groups in total. The number of aromatic nitrogens is 2. The molecule has 8 heteroatoms. The molecule has 20 heavy (non-hydrogen) atoms. The summed E-state index contributed by atoms with van der Waals surface area (Å²) in [6.07, 6.45) is 1.32. The van der Waals surface area contributed by atoms with Gasteiger partial charge in [0.1, 0.15) is 5.69 Å². The van der Waals surface area contributed by atoms with Crippen molar-refractivity contribution in [2.75, 3.05) is 0 Å². The number of nitrogens with two attached hydrogens (primary N) is 1. The molecular formula is C12H10F2N4O2. The van der Waals surface area contributed by atoms with Crippen molar-refractivity contribution in [2.24, 2.45) is 5.84 Å². The van der Waals surface area contributed by atoms with Gasteiger partial charge in [-0.05, 0) is 18.2 Å². The Bertz CT molecular complexity index is 605. The number of rotatable bonds is 4. The maximum absolute atomic E-state index is 12.0. The number of ether oxygens (including phenoxy) is 1. The van der Waals surface area contributed by atoms with Crippen LogP contribution in [0.25, 0.3) is 11.3 Å². The highest BCUT2D eigenvalue weighted by Crippen LogP contribution is 2.19. The molecule has 2 aromatic rings. The minimum Gasteiger partial charge on any atom is -0.417 e. The molecule has 0 aromatic carbocycles. The molecule has 2 heterocycles. The number of hydrogen-bond donors (Lipinski definition) is 2. The van der Waals surface area contributed by atoms with Gasteiger partial charge in [-0.2, -0.15) is 8.78 Å². The fourth-order valence-corrected chi connectivity index (χ4v) is 1.49. The van der Waals surface area contributed by atoms with Crippen molar-refractivity contribution in [3.63, 3.8) is 0 Å². The topological polar surface area (TPSA) is 90.1 Å². The number of nitrogen functional groups attached to an aromatic ring is 1. The molecule has 6 nitrogen and oxygen atoms in total. The molecule has 0 aliphatic carbocycles. The van der Waals surface area contributed by atoms with E-state index >= 15 is 0 Å². The summed E-state index contributed by atoms with van der Waals surface area (Å²) < 4.78 is 28.1. The monoisotopic (exact) mass is 280 g/mol. The Morgan fingerprint density at radius 1 is 1.30 bits per heavy atom. The molecule has 1 amide bonds. The Morgan fingerprint density at radius 2 is 2.10 bits per heavy atom. The number of carbonyl (C=O) groups is 1. The lowest BCUT2D eigenvalue weighted by Gasteiger charge is -2.05. The number of halogens is 2. The molecule has 2 rings (SSSR count). The Kier molecular flexibility index (Phi) is 4.16. The highest BCUT2D eigenvalue weighted by molar-refractivity contribution is 5.92. The van der Waals surface area contributed by atoms with Crippen molar-refractivity contribution in [1.29, 1.82) is 0 Å². The van der Waals surface area contributed by atoms with E-state index in [0.717, 1.165) is 0 Å². The van der Waals surface area contributed by atoms with Crippen LogP contribution in [0.15, 0.2) is 36.5 Å². The van der Waals surface area contributed by atoms with Crippen molar-refractivity contribution in [2.45, 2.75) is 6.61 Å². The van der Waals surface area contributed by atoms with Crippen LogP contribution >= 0.6 is 0 Å². The molecule has 0 bridgehead atoms. The van der Waals surface area contributed by atoms with Crippen LogP contribution in [0.5, 0.6) is 5.88 Å². The minimum atomic E-state index is -2.93. The Morgan fingerprint density at radius 3 is 2.70 bits per heavy atom. The van der Waals surface area contributed by atoms with Crippen LogP contribution in [-0.4, -0.2) is 22.5 Å². The second kappa shape index (κ2) is 6.02. The summed E-state index contributed by atoms with van der Waals surface area (Å²) in [4.78, 5) is 19.2. The minimum absolute atomic E-state index is 0.137. The fourth-order valence-electron chi connectivity index (χ4n) is 1.49. The largest absolute Gasteiger partial charge is 0.417 e. The van der Waals surface area contributed by atoms with Gasteiger partial charge < -0.3 is 4.74 Å². The Labute approximate surface area is 112 Å². The van der Waals surface area contributed by atoms with Crippen LogP contribution in [0.3, 0.4) is 0 Å². The van der Waals surface area contributed by atoms with Gasteiger partial charge in [0, 0.05) is 17.8 Å². The molecule has 104 valence electrons. The van der Waals surface area contributed by atoms with Crippen molar-refractivity contribution < 1.29 is 18.3 Å². The standard InChI is InChI=1S/C12H10F2N4O2/c13-12(14)20-10-5-4-7(6-16-10)8-2-1-3-9(17-8)11(19)18-15/h1-6,12H,15H2,(H,18,19). The fraction of sp³-hybridized carbons (Fsp3) is 0.0833. The zero-order chi connectivity index (χ0) is 14.5. The number of carbonyl (C=O) groups excluding carboxylic acids is 1. The first-order valence-electron chi connectivity index (χ1n) is 5.49. The van der Waals surface area contributed by atoms with Crippen molar-refractivity contribution >= 4 is 5.91 Å². The third-order valence-corrected chi connectivity index (χ3v) is 2.35. The summed E-state index contributed by atoms with van der Waals surface area (Å²) >= 11 is 0. The molecule has 0 spiro atoms. The Hall–Kier alpha value is -2.61. The lowest BCUT2D eigenvalue weighted by molar-refractivity contribution is -0.0528. The first-order chi connectivity index (χ1) is 9.60. The highest BCUT2D eigenvalue weighted by atomic mass is 19.3. The molecule has 0 atom stereocenters. The molecule has 0 saturated carbocycles. The van der Waals surface area contributed by atoms with E-state index in [-0.39, 0.29) is 11.6 Å². The summed E-state index contributed by atoms with van der Waals surface area (Å²) in [5.41, 5.74) is 3.12. The van der Waals surface area contributed by atoms with E-state index < -0.39 is 12.5 Å². The van der Waals surface area contributed by atoms with Gasteiger partial charge in [-0.3, -0.25) is 10.2 Å². The first kappa shape index (κ1) is 13.8. The third-order valence-electron chi connectivity index (χ3n) is 2.35. The predicted octanol–water partition coefficient (Wildman–Crippen LogP) is 1.35. The van der Waals surface area contributed by atoms with Crippen LogP contribution < -0.4 is 16.0 Å². The first-order valence-corrected chi connectivity index (χ1v) is 5.49. The molecule has 0 aliphatic heterocycles. The molecule has 0 unspecified atom stereocenters. The van der Waals surface area contributed by atoms with Crippen LogP contribution in [0.1, 0.15) is 10.5 Å². The summed E-state index contributed by atoms with van der Waals surface area (Å²) in [5, 5.41) is 0. The summed E-state index contributed by atoms with van der Waals surface area (Å²) in [5.74, 6) is 4.29. The van der Waals surface area contributed by atoms with E-state index in [1.54, 1.807) is 12.1 Å². The van der Waals surface area contributed by atoms with Crippen molar-refractivity contribution in [3.05, 3.63) is 42.2 Å². The highest BCUT2D eigenvalue weighted by Gasteiger charge is 2.09. The smallest absolute Gasteiger partial charge is 0.388 e. The van der Waals surface area contributed by atoms with E-state index in [1.807, 2.05) is 5.43 Å². The van der Waals surface area contributed by atoms with Gasteiger partial charge in [0.2, 0.25) is 5.88 Å². The van der Waals surface area contributed by atoms with Gasteiger partial charge in [-0.1, -0.05) is 6.07 Å². The maximum Gasteiger partial charge on any atom is 0.388 e. The van der Waals surface area contributed by atoms with E-state index in [4.69, 9.17) is 5.84 Å². The number of nitrogens with zero attached hydrogens (tertiary/aromatic N) is 2. The lowest BCUT2D eigenvalue weighted by atomic mass is 10.2. The number of amides is 1. The quantitative estimate of drug-likeness (QED) is 0.501. The summed E-state index contributed by atoms with van der Waals surface area (Å²) in [6, 6.07) is 7.57. The number of hydrazine groups is 1. The van der Waals surface area contributed by atoms with Gasteiger partial charge in [0.25, 0.3) is 5.91 Å². The normalized spacial score (nSPS) is 10.4. The van der Waals surface area contributed by atoms with Crippen LogP contribution in [0, 0.1) is 0 Å². The molecule has 0 aliphatic rings. The number of hydrogen-bond acceptors (Lipinski definition) is 5. The van der Waals surface area contributed by atoms with E-state index in [2.05, 4.69) is 14.7 Å². The SMILES string of the molecule is NNC(=O)c1cccc(-c2ccc(OC(F)F)nc2)n1. The van der Waals surface area contributed by atoms with Gasteiger partial charge >= 0.3 is 6.61 Å². The van der Waals surface area contributed by atoms with Gasteiger partial charge in [-0.25, -0.2) is 15.8 Å². The summed E-state index contributed by atoms with van der Waals surface area (Å²) in [6.45, 7) is -2.93. The lowest BCUT2D eigenvalue weighted by Crippen LogP contribution is -2.30. The average molecular weight is 280 g/mol. The molecular weight excluding hydrogens is 270 g/mol. The number of pyridine rings is 2. The van der Waals surface area contributed by atoms with E-state index in [0.29, 0.717) is 11.3 Å². The third kappa shape index (κ3) is 3.23. The van der Waals surface area contributed by atoms with Crippen LogP contribution in [0.4, 0.5) is 8.78 Å². The van der Waals surface area contributed by atoms with Crippen LogP contribution in [-0.2, 0) is 0 Å². The molecule has 0 radical (unpaired) electrons. The second-order valence-corrected chi connectivity index (χ2v) is 3.65.